The van der Waals surface area contributed by atoms with Gasteiger partial charge in [-0.3, -0.25) is 4.79 Å². The Kier molecular flexibility index (Phi) is 6.32. The molecule has 106 valence electrons. The lowest BCUT2D eigenvalue weighted by Gasteiger charge is -2.15. The van der Waals surface area contributed by atoms with Crippen molar-refractivity contribution >= 4 is 5.91 Å². The third-order valence-corrected chi connectivity index (χ3v) is 2.86. The molecule has 1 amide bonds. The number of hydrogen-bond acceptors (Lipinski definition) is 4. The number of amides is 1. The fourth-order valence-corrected chi connectivity index (χ4v) is 1.49. The number of aryl methyl sites for hydroxylation is 1. The molecular formula is C14H22N2O3. The highest BCUT2D eigenvalue weighted by Crippen LogP contribution is 2.12. The second-order valence-corrected chi connectivity index (χ2v) is 4.49. The largest absolute Gasteiger partial charge is 0.491 e. The standard InChI is InChI=1S/C14H22N2O3/c1-3-11-4-6-13(7-5-11)19-9-12(17)8-16-10(2)14(15)18/h4-7,10,12,16-17H,3,8-9H2,1-2H3,(H2,15,18). The van der Waals surface area contributed by atoms with Crippen molar-refractivity contribution in [2.24, 2.45) is 5.73 Å². The summed E-state index contributed by atoms with van der Waals surface area (Å²) in [5.41, 5.74) is 6.34. The predicted molar refractivity (Wildman–Crippen MR) is 74.0 cm³/mol. The topological polar surface area (TPSA) is 84.6 Å². The minimum absolute atomic E-state index is 0.171. The van der Waals surface area contributed by atoms with Crippen LogP contribution in [0.25, 0.3) is 0 Å². The first-order chi connectivity index (χ1) is 9.02. The summed E-state index contributed by atoms with van der Waals surface area (Å²) >= 11 is 0. The van der Waals surface area contributed by atoms with Crippen LogP contribution in [-0.4, -0.2) is 36.3 Å². The molecule has 2 atom stereocenters. The first-order valence-corrected chi connectivity index (χ1v) is 6.45. The van der Waals surface area contributed by atoms with Gasteiger partial charge in [-0.05, 0) is 31.0 Å². The zero-order chi connectivity index (χ0) is 14.3. The summed E-state index contributed by atoms with van der Waals surface area (Å²) in [6, 6.07) is 7.29. The van der Waals surface area contributed by atoms with Crippen molar-refractivity contribution in [3.8, 4) is 5.75 Å². The molecule has 5 heteroatoms. The van der Waals surface area contributed by atoms with Crippen molar-refractivity contribution in [2.75, 3.05) is 13.2 Å². The zero-order valence-electron chi connectivity index (χ0n) is 11.4. The Labute approximate surface area is 113 Å². The second kappa shape index (κ2) is 7.76. The maximum absolute atomic E-state index is 10.8. The number of aliphatic hydroxyl groups excluding tert-OH is 1. The Bertz CT molecular complexity index is 392. The number of nitrogens with two attached hydrogens (primary N) is 1. The lowest BCUT2D eigenvalue weighted by Crippen LogP contribution is -2.43. The maximum atomic E-state index is 10.8. The predicted octanol–water partition coefficient (Wildman–Crippen LogP) is 0.452. The van der Waals surface area contributed by atoms with Gasteiger partial charge in [0, 0.05) is 6.54 Å². The van der Waals surface area contributed by atoms with E-state index in [4.69, 9.17) is 10.5 Å². The summed E-state index contributed by atoms with van der Waals surface area (Å²) in [7, 11) is 0. The van der Waals surface area contributed by atoms with Gasteiger partial charge < -0.3 is 20.9 Å². The molecular weight excluding hydrogens is 244 g/mol. The molecule has 0 spiro atoms. The van der Waals surface area contributed by atoms with Crippen LogP contribution in [0.1, 0.15) is 19.4 Å². The van der Waals surface area contributed by atoms with Gasteiger partial charge in [-0.15, -0.1) is 0 Å². The normalized spacial score (nSPS) is 13.8. The van der Waals surface area contributed by atoms with E-state index < -0.39 is 18.1 Å². The molecule has 0 aliphatic carbocycles. The van der Waals surface area contributed by atoms with Gasteiger partial charge in [0.2, 0.25) is 5.91 Å². The Morgan fingerprint density at radius 3 is 2.58 bits per heavy atom. The molecule has 19 heavy (non-hydrogen) atoms. The van der Waals surface area contributed by atoms with E-state index in [-0.39, 0.29) is 13.2 Å². The molecule has 0 aromatic heterocycles. The Morgan fingerprint density at radius 1 is 1.42 bits per heavy atom. The highest BCUT2D eigenvalue weighted by atomic mass is 16.5. The molecule has 0 heterocycles. The molecule has 5 nitrogen and oxygen atoms in total. The van der Waals surface area contributed by atoms with E-state index in [9.17, 15) is 9.90 Å². The third kappa shape index (κ3) is 5.72. The number of benzene rings is 1. The van der Waals surface area contributed by atoms with Crippen LogP contribution >= 0.6 is 0 Å². The van der Waals surface area contributed by atoms with E-state index in [0.717, 1.165) is 12.2 Å². The van der Waals surface area contributed by atoms with Crippen LogP contribution in [-0.2, 0) is 11.2 Å². The van der Waals surface area contributed by atoms with Crippen molar-refractivity contribution in [3.63, 3.8) is 0 Å². The summed E-state index contributed by atoms with van der Waals surface area (Å²) < 4.78 is 5.45. The molecule has 2 unspecified atom stereocenters. The average molecular weight is 266 g/mol. The lowest BCUT2D eigenvalue weighted by atomic mass is 10.2. The van der Waals surface area contributed by atoms with E-state index in [1.807, 2.05) is 24.3 Å². The highest BCUT2D eigenvalue weighted by Gasteiger charge is 2.11. The molecule has 0 radical (unpaired) electrons. The van der Waals surface area contributed by atoms with Crippen molar-refractivity contribution in [2.45, 2.75) is 32.4 Å². The van der Waals surface area contributed by atoms with Crippen LogP contribution in [0.3, 0.4) is 0 Å². The minimum atomic E-state index is -0.687. The quantitative estimate of drug-likeness (QED) is 0.638. The number of carbonyl (C=O) groups excluding carboxylic acids is 1. The van der Waals surface area contributed by atoms with E-state index in [1.54, 1.807) is 6.92 Å². The first kappa shape index (κ1) is 15.5. The van der Waals surface area contributed by atoms with Crippen molar-refractivity contribution in [3.05, 3.63) is 29.8 Å². The van der Waals surface area contributed by atoms with Crippen LogP contribution in [0.2, 0.25) is 0 Å². The van der Waals surface area contributed by atoms with Gasteiger partial charge >= 0.3 is 0 Å². The molecule has 0 saturated heterocycles. The summed E-state index contributed by atoms with van der Waals surface area (Å²) in [5, 5.41) is 12.5. The van der Waals surface area contributed by atoms with E-state index >= 15 is 0 Å². The lowest BCUT2D eigenvalue weighted by molar-refractivity contribution is -0.119. The number of primary amides is 1. The van der Waals surface area contributed by atoms with Gasteiger partial charge in [-0.2, -0.15) is 0 Å². The van der Waals surface area contributed by atoms with Crippen LogP contribution in [0.5, 0.6) is 5.75 Å². The molecule has 0 aliphatic heterocycles. The van der Waals surface area contributed by atoms with E-state index in [1.165, 1.54) is 5.56 Å². The number of carbonyl (C=O) groups is 1. The van der Waals surface area contributed by atoms with Crippen molar-refractivity contribution in [1.29, 1.82) is 0 Å². The molecule has 1 rings (SSSR count). The molecule has 0 aliphatic rings. The third-order valence-electron chi connectivity index (χ3n) is 2.86. The molecule has 0 fully saturated rings. The zero-order valence-corrected chi connectivity index (χ0v) is 11.4. The van der Waals surface area contributed by atoms with Crippen molar-refractivity contribution < 1.29 is 14.6 Å². The molecule has 0 saturated carbocycles. The molecule has 4 N–H and O–H groups in total. The molecule has 0 bridgehead atoms. The number of ether oxygens (including phenoxy) is 1. The Balaban J connectivity index is 2.29. The van der Waals surface area contributed by atoms with Gasteiger partial charge in [0.1, 0.15) is 18.5 Å². The maximum Gasteiger partial charge on any atom is 0.234 e. The number of hydrogen-bond donors (Lipinski definition) is 3. The summed E-state index contributed by atoms with van der Waals surface area (Å²) in [6.45, 7) is 4.17. The van der Waals surface area contributed by atoms with Crippen LogP contribution in [0.15, 0.2) is 24.3 Å². The van der Waals surface area contributed by atoms with Crippen molar-refractivity contribution in [1.82, 2.24) is 5.32 Å². The molecule has 1 aromatic carbocycles. The Morgan fingerprint density at radius 2 is 2.05 bits per heavy atom. The number of nitrogens with one attached hydrogen (secondary N) is 1. The van der Waals surface area contributed by atoms with Crippen LogP contribution in [0.4, 0.5) is 0 Å². The monoisotopic (exact) mass is 266 g/mol. The van der Waals surface area contributed by atoms with Gasteiger partial charge in [0.25, 0.3) is 0 Å². The van der Waals surface area contributed by atoms with Gasteiger partial charge in [-0.1, -0.05) is 19.1 Å². The second-order valence-electron chi connectivity index (χ2n) is 4.49. The molecule has 1 aromatic rings. The average Bonchev–Trinajstić information content (AvgIpc) is 2.42. The minimum Gasteiger partial charge on any atom is -0.491 e. The fraction of sp³-hybridized carbons (Fsp3) is 0.500. The van der Waals surface area contributed by atoms with Crippen LogP contribution in [0, 0.1) is 0 Å². The fourth-order valence-electron chi connectivity index (χ4n) is 1.49. The summed E-state index contributed by atoms with van der Waals surface area (Å²) in [5.74, 6) is 0.280. The highest BCUT2D eigenvalue weighted by molar-refractivity contribution is 5.79. The summed E-state index contributed by atoms with van der Waals surface area (Å²) in [4.78, 5) is 10.8. The number of rotatable bonds is 8. The van der Waals surface area contributed by atoms with E-state index in [0.29, 0.717) is 0 Å². The van der Waals surface area contributed by atoms with E-state index in [2.05, 4.69) is 12.2 Å². The van der Waals surface area contributed by atoms with Crippen LogP contribution < -0.4 is 15.8 Å². The SMILES string of the molecule is CCc1ccc(OCC(O)CNC(C)C(N)=O)cc1. The smallest absolute Gasteiger partial charge is 0.234 e. The Hall–Kier alpha value is -1.59. The van der Waals surface area contributed by atoms with Gasteiger partial charge in [-0.25, -0.2) is 0 Å². The number of aliphatic hydroxyl groups is 1. The summed E-state index contributed by atoms with van der Waals surface area (Å²) in [6.07, 6.45) is 0.297. The first-order valence-electron chi connectivity index (χ1n) is 6.45. The van der Waals surface area contributed by atoms with Gasteiger partial charge in [0.15, 0.2) is 0 Å². The van der Waals surface area contributed by atoms with Gasteiger partial charge in [0.05, 0.1) is 6.04 Å².